The van der Waals surface area contributed by atoms with E-state index < -0.39 is 18.2 Å². The molecule has 0 spiro atoms. The molecule has 5 heteroatoms. The molecule has 3 unspecified atom stereocenters. The molecule has 0 saturated carbocycles. The zero-order chi connectivity index (χ0) is 34.5. The van der Waals surface area contributed by atoms with Crippen LogP contribution in [0.2, 0.25) is 0 Å². The van der Waals surface area contributed by atoms with E-state index >= 15 is 0 Å². The van der Waals surface area contributed by atoms with Crippen molar-refractivity contribution >= 4 is 5.91 Å². The zero-order valence-electron chi connectivity index (χ0n) is 31.7. The summed E-state index contributed by atoms with van der Waals surface area (Å²) in [6.45, 7) is 4.17. The second-order valence-electron chi connectivity index (χ2n) is 14.5. The lowest BCUT2D eigenvalue weighted by Gasteiger charge is -2.26. The molecule has 0 aliphatic carbocycles. The third kappa shape index (κ3) is 33.4. The molecule has 0 aromatic rings. The van der Waals surface area contributed by atoms with Crippen LogP contribution in [0, 0.1) is 0 Å². The van der Waals surface area contributed by atoms with Gasteiger partial charge in [-0.3, -0.25) is 4.79 Å². The van der Waals surface area contributed by atoms with Gasteiger partial charge in [0.1, 0.15) is 6.10 Å². The van der Waals surface area contributed by atoms with E-state index in [2.05, 4.69) is 31.3 Å². The Morgan fingerprint density at radius 1 is 0.511 bits per heavy atom. The number of rotatable bonds is 38. The second kappa shape index (κ2) is 37.9. The minimum atomic E-state index is -1.15. The lowest BCUT2D eigenvalue weighted by molar-refractivity contribution is -0.124. The monoisotopic (exact) mass is 666 g/mol. The van der Waals surface area contributed by atoms with Gasteiger partial charge in [-0.2, -0.15) is 0 Å². The van der Waals surface area contributed by atoms with Gasteiger partial charge in [0.25, 0.3) is 0 Å². The van der Waals surface area contributed by atoms with E-state index in [0.717, 1.165) is 38.5 Å². The van der Waals surface area contributed by atoms with Crippen molar-refractivity contribution in [3.63, 3.8) is 0 Å². The van der Waals surface area contributed by atoms with Crippen LogP contribution in [0.4, 0.5) is 0 Å². The predicted molar refractivity (Wildman–Crippen MR) is 204 cm³/mol. The molecule has 0 rings (SSSR count). The molecule has 0 heterocycles. The van der Waals surface area contributed by atoms with Gasteiger partial charge >= 0.3 is 0 Å². The summed E-state index contributed by atoms with van der Waals surface area (Å²) in [5.74, 6) is -0.151. The number of nitrogens with one attached hydrogen (secondary N) is 1. The number of unbranched alkanes of at least 4 members (excludes halogenated alkanes) is 28. The van der Waals surface area contributed by atoms with Crippen molar-refractivity contribution in [2.75, 3.05) is 6.61 Å². The van der Waals surface area contributed by atoms with Crippen LogP contribution in [0.15, 0.2) is 12.2 Å². The zero-order valence-corrected chi connectivity index (χ0v) is 31.7. The Morgan fingerprint density at radius 3 is 1.23 bits per heavy atom. The van der Waals surface area contributed by atoms with Crippen LogP contribution in [0.5, 0.6) is 0 Å². The number of allylic oxidation sites excluding steroid dienone is 2. The second-order valence-corrected chi connectivity index (χ2v) is 14.5. The van der Waals surface area contributed by atoms with E-state index in [1.807, 2.05) is 0 Å². The van der Waals surface area contributed by atoms with Crippen molar-refractivity contribution in [1.29, 1.82) is 0 Å². The molecule has 0 radical (unpaired) electrons. The molecule has 280 valence electrons. The molecule has 47 heavy (non-hydrogen) atoms. The molecular weight excluding hydrogens is 582 g/mol. The van der Waals surface area contributed by atoms with Crippen LogP contribution in [0.1, 0.15) is 226 Å². The van der Waals surface area contributed by atoms with Gasteiger partial charge in [-0.1, -0.05) is 193 Å². The predicted octanol–water partition coefficient (Wildman–Crippen LogP) is 11.7. The van der Waals surface area contributed by atoms with E-state index in [-0.39, 0.29) is 12.5 Å². The highest BCUT2D eigenvalue weighted by Crippen LogP contribution is 2.16. The molecule has 0 bridgehead atoms. The van der Waals surface area contributed by atoms with Crippen LogP contribution in [0.3, 0.4) is 0 Å². The van der Waals surface area contributed by atoms with Gasteiger partial charge < -0.3 is 20.6 Å². The molecule has 0 aliphatic rings. The van der Waals surface area contributed by atoms with Crippen LogP contribution < -0.4 is 5.32 Å². The number of amides is 1. The molecule has 5 nitrogen and oxygen atoms in total. The number of hydrogen-bond donors (Lipinski definition) is 4. The molecule has 4 N–H and O–H groups in total. The van der Waals surface area contributed by atoms with Gasteiger partial charge in [-0.15, -0.1) is 0 Å². The Morgan fingerprint density at radius 2 is 0.851 bits per heavy atom. The summed E-state index contributed by atoms with van der Waals surface area (Å²) in [5, 5.41) is 33.4. The van der Waals surface area contributed by atoms with E-state index in [1.54, 1.807) is 0 Å². The Hall–Kier alpha value is -0.910. The maximum atomic E-state index is 12.4. The summed E-state index contributed by atoms with van der Waals surface area (Å²) in [6, 6.07) is -0.819. The van der Waals surface area contributed by atoms with Gasteiger partial charge in [0, 0.05) is 6.42 Å². The van der Waals surface area contributed by atoms with Crippen LogP contribution in [-0.4, -0.2) is 46.1 Å². The Bertz CT molecular complexity index is 655. The Labute approximate surface area is 293 Å². The Balaban J connectivity index is 3.64. The first-order valence-electron chi connectivity index (χ1n) is 21.0. The van der Waals surface area contributed by atoms with E-state index in [1.165, 1.54) is 161 Å². The van der Waals surface area contributed by atoms with Crippen molar-refractivity contribution in [1.82, 2.24) is 5.32 Å². The molecule has 3 atom stereocenters. The third-order valence-corrected chi connectivity index (χ3v) is 9.87. The molecule has 0 aliphatic heterocycles. The maximum absolute atomic E-state index is 12.4. The van der Waals surface area contributed by atoms with E-state index in [4.69, 9.17) is 0 Å². The first kappa shape index (κ1) is 46.1. The number of carbonyl (C=O) groups excluding carboxylic acids is 1. The van der Waals surface area contributed by atoms with Crippen LogP contribution >= 0.6 is 0 Å². The number of aliphatic hydroxyl groups excluding tert-OH is 3. The number of aliphatic hydroxyl groups is 3. The molecule has 0 aromatic carbocycles. The standard InChI is InChI=1S/C42H83NO4/c1-3-5-7-9-11-13-15-17-19-20-21-22-23-25-27-29-31-33-35-37-41(46)43-39(38-44)42(47)40(45)36-34-32-30-28-26-24-18-16-14-12-10-8-6-4-2/h28,30,39-40,42,44-45,47H,3-27,29,31-38H2,1-2H3,(H,43,46)/b30-28+. The fraction of sp³-hybridized carbons (Fsp3) is 0.929. The fourth-order valence-corrected chi connectivity index (χ4v) is 6.57. The fourth-order valence-electron chi connectivity index (χ4n) is 6.57. The minimum absolute atomic E-state index is 0.151. The first-order chi connectivity index (χ1) is 23.1. The Kier molecular flexibility index (Phi) is 37.2. The number of carbonyl (C=O) groups is 1. The molecule has 1 amide bonds. The highest BCUT2D eigenvalue weighted by molar-refractivity contribution is 5.76. The highest BCUT2D eigenvalue weighted by atomic mass is 16.3. The summed E-state index contributed by atoms with van der Waals surface area (Å²) < 4.78 is 0. The quantitative estimate of drug-likeness (QED) is 0.0390. The van der Waals surface area contributed by atoms with Gasteiger partial charge in [0.15, 0.2) is 0 Å². The smallest absolute Gasteiger partial charge is 0.220 e. The van der Waals surface area contributed by atoms with Crippen molar-refractivity contribution in [2.45, 2.75) is 244 Å². The SMILES string of the molecule is CCCCCCCCCCC/C=C/CCCC(O)C(O)C(CO)NC(=O)CCCCCCCCCCCCCCCCCCCCC. The van der Waals surface area contributed by atoms with Gasteiger partial charge in [-0.25, -0.2) is 0 Å². The maximum Gasteiger partial charge on any atom is 0.220 e. The third-order valence-electron chi connectivity index (χ3n) is 9.87. The van der Waals surface area contributed by atoms with Gasteiger partial charge in [-0.05, 0) is 38.5 Å². The average Bonchev–Trinajstić information content (AvgIpc) is 3.07. The van der Waals surface area contributed by atoms with E-state index in [9.17, 15) is 20.1 Å². The first-order valence-corrected chi connectivity index (χ1v) is 21.0. The van der Waals surface area contributed by atoms with Crippen LogP contribution in [0.25, 0.3) is 0 Å². The summed E-state index contributed by atoms with van der Waals surface area (Å²) in [5.41, 5.74) is 0. The molecule has 0 fully saturated rings. The molecule has 0 aromatic heterocycles. The summed E-state index contributed by atoms with van der Waals surface area (Å²) in [4.78, 5) is 12.4. The largest absolute Gasteiger partial charge is 0.394 e. The summed E-state index contributed by atoms with van der Waals surface area (Å²) in [7, 11) is 0. The normalized spacial score (nSPS) is 13.7. The van der Waals surface area contributed by atoms with Crippen molar-refractivity contribution in [2.24, 2.45) is 0 Å². The topological polar surface area (TPSA) is 89.8 Å². The van der Waals surface area contributed by atoms with Crippen molar-refractivity contribution in [3.8, 4) is 0 Å². The molecular formula is C42H83NO4. The van der Waals surface area contributed by atoms with Crippen LogP contribution in [-0.2, 0) is 4.79 Å². The summed E-state index contributed by atoms with van der Waals surface area (Å²) in [6.07, 6.45) is 43.1. The average molecular weight is 666 g/mol. The highest BCUT2D eigenvalue weighted by Gasteiger charge is 2.26. The molecule has 0 saturated heterocycles. The minimum Gasteiger partial charge on any atom is -0.394 e. The lowest BCUT2D eigenvalue weighted by atomic mass is 10.0. The lowest BCUT2D eigenvalue weighted by Crippen LogP contribution is -2.50. The van der Waals surface area contributed by atoms with Gasteiger partial charge in [0.2, 0.25) is 5.91 Å². The number of hydrogen-bond acceptors (Lipinski definition) is 4. The van der Waals surface area contributed by atoms with Crippen molar-refractivity contribution in [3.05, 3.63) is 12.2 Å². The van der Waals surface area contributed by atoms with Crippen molar-refractivity contribution < 1.29 is 20.1 Å². The van der Waals surface area contributed by atoms with E-state index in [0.29, 0.717) is 12.8 Å². The summed E-state index contributed by atoms with van der Waals surface area (Å²) >= 11 is 0. The van der Waals surface area contributed by atoms with Gasteiger partial charge in [0.05, 0.1) is 18.8 Å².